The number of nitrogens with one attached hydrogen (secondary N) is 1. The predicted molar refractivity (Wildman–Crippen MR) is 106 cm³/mol. The second-order valence-corrected chi connectivity index (χ2v) is 6.74. The van der Waals surface area contributed by atoms with Crippen molar-refractivity contribution in [1.29, 1.82) is 0 Å². The molecule has 28 heavy (non-hydrogen) atoms. The molecule has 0 radical (unpaired) electrons. The van der Waals surface area contributed by atoms with E-state index in [0.29, 0.717) is 18.4 Å². The summed E-state index contributed by atoms with van der Waals surface area (Å²) in [5.74, 6) is -0.796. The molecular weight excluding hydrogens is 358 g/mol. The summed E-state index contributed by atoms with van der Waals surface area (Å²) in [4.78, 5) is 24.6. The molecule has 0 aromatic heterocycles. The van der Waals surface area contributed by atoms with Crippen LogP contribution in [0.15, 0.2) is 48.5 Å². The summed E-state index contributed by atoms with van der Waals surface area (Å²) in [6, 6.07) is 13.1. The Morgan fingerprint density at radius 3 is 2.46 bits per heavy atom. The van der Waals surface area contributed by atoms with E-state index in [9.17, 15) is 19.8 Å². The first-order valence-corrected chi connectivity index (χ1v) is 9.42. The van der Waals surface area contributed by atoms with Crippen LogP contribution in [0.3, 0.4) is 0 Å². The van der Waals surface area contributed by atoms with E-state index in [0.717, 1.165) is 5.56 Å². The van der Waals surface area contributed by atoms with Gasteiger partial charge in [-0.05, 0) is 36.5 Å². The van der Waals surface area contributed by atoms with Gasteiger partial charge in [-0.25, -0.2) is 4.79 Å². The van der Waals surface area contributed by atoms with Crippen molar-refractivity contribution in [1.82, 2.24) is 5.32 Å². The largest absolute Gasteiger partial charge is 0.508 e. The minimum absolute atomic E-state index is 0.00128. The van der Waals surface area contributed by atoms with Crippen molar-refractivity contribution in [3.8, 4) is 11.5 Å². The average molecular weight is 385 g/mol. The second-order valence-electron chi connectivity index (χ2n) is 6.74. The van der Waals surface area contributed by atoms with Crippen LogP contribution in [0.2, 0.25) is 0 Å². The Balaban J connectivity index is 1.95. The van der Waals surface area contributed by atoms with E-state index < -0.39 is 12.0 Å². The van der Waals surface area contributed by atoms with Gasteiger partial charge in [0.15, 0.2) is 0 Å². The van der Waals surface area contributed by atoms with E-state index >= 15 is 0 Å². The van der Waals surface area contributed by atoms with Gasteiger partial charge in [0.25, 0.3) is 0 Å². The van der Waals surface area contributed by atoms with Gasteiger partial charge >= 0.3 is 5.97 Å². The molecular formula is C22H27NO5. The third kappa shape index (κ3) is 6.30. The molecule has 150 valence electrons. The quantitative estimate of drug-likeness (QED) is 0.576. The number of carbonyl (C=O) groups excluding carboxylic acids is 2. The Bertz CT molecular complexity index is 791. The zero-order valence-corrected chi connectivity index (χ0v) is 16.2. The van der Waals surface area contributed by atoms with Crippen molar-refractivity contribution in [3.05, 3.63) is 59.7 Å². The number of ether oxygens (including phenoxy) is 1. The fourth-order valence-corrected chi connectivity index (χ4v) is 3.00. The highest BCUT2D eigenvalue weighted by Crippen LogP contribution is 2.31. The molecule has 3 N–H and O–H groups in total. The zero-order chi connectivity index (χ0) is 20.5. The smallest absolute Gasteiger partial charge is 0.328 e. The zero-order valence-electron chi connectivity index (χ0n) is 16.2. The molecule has 2 aromatic rings. The Morgan fingerprint density at radius 2 is 1.82 bits per heavy atom. The monoisotopic (exact) mass is 385 g/mol. The fourth-order valence-electron chi connectivity index (χ4n) is 3.00. The van der Waals surface area contributed by atoms with Gasteiger partial charge in [0, 0.05) is 18.9 Å². The van der Waals surface area contributed by atoms with Gasteiger partial charge in [0.2, 0.25) is 5.91 Å². The summed E-state index contributed by atoms with van der Waals surface area (Å²) < 4.78 is 5.09. The minimum atomic E-state index is -0.743. The molecule has 0 heterocycles. The summed E-state index contributed by atoms with van der Waals surface area (Å²) in [5, 5.41) is 22.1. The normalized spacial score (nSPS) is 12.8. The Labute approximate surface area is 165 Å². The first kappa shape index (κ1) is 21.3. The Kier molecular flexibility index (Phi) is 7.87. The predicted octanol–water partition coefficient (Wildman–Crippen LogP) is 3.27. The molecule has 6 nitrogen and oxygen atoms in total. The molecule has 1 unspecified atom stereocenters. The molecule has 2 rings (SSSR count). The molecule has 0 aliphatic carbocycles. The molecule has 0 spiro atoms. The van der Waals surface area contributed by atoms with Gasteiger partial charge in [0.1, 0.15) is 17.5 Å². The molecule has 0 fully saturated rings. The summed E-state index contributed by atoms with van der Waals surface area (Å²) >= 11 is 0. The van der Waals surface area contributed by atoms with Crippen molar-refractivity contribution in [3.63, 3.8) is 0 Å². The van der Waals surface area contributed by atoms with E-state index in [1.165, 1.54) is 12.1 Å². The molecule has 0 aliphatic heterocycles. The molecule has 2 atom stereocenters. The van der Waals surface area contributed by atoms with Crippen LogP contribution in [0.5, 0.6) is 11.5 Å². The van der Waals surface area contributed by atoms with Crippen LogP contribution in [-0.4, -0.2) is 34.7 Å². The highest BCUT2D eigenvalue weighted by Gasteiger charge is 2.23. The lowest BCUT2D eigenvalue weighted by atomic mass is 9.95. The van der Waals surface area contributed by atoms with Crippen LogP contribution in [0.1, 0.15) is 43.7 Å². The van der Waals surface area contributed by atoms with Crippen LogP contribution >= 0.6 is 0 Å². The number of phenols is 2. The second kappa shape index (κ2) is 10.3. The number of esters is 1. The van der Waals surface area contributed by atoms with Gasteiger partial charge in [-0.15, -0.1) is 0 Å². The average Bonchev–Trinajstić information content (AvgIpc) is 2.66. The van der Waals surface area contributed by atoms with Crippen molar-refractivity contribution in [2.75, 3.05) is 6.61 Å². The highest BCUT2D eigenvalue weighted by molar-refractivity contribution is 5.84. The van der Waals surface area contributed by atoms with Crippen molar-refractivity contribution >= 4 is 11.9 Å². The van der Waals surface area contributed by atoms with Crippen LogP contribution in [0.25, 0.3) is 0 Å². The first-order chi connectivity index (χ1) is 13.4. The molecule has 1 amide bonds. The summed E-state index contributed by atoms with van der Waals surface area (Å²) in [6.07, 6.45) is 1.05. The Morgan fingerprint density at radius 1 is 1.11 bits per heavy atom. The van der Waals surface area contributed by atoms with Gasteiger partial charge in [-0.2, -0.15) is 0 Å². The lowest BCUT2D eigenvalue weighted by molar-refractivity contribution is -0.147. The number of carbonyl (C=O) groups is 2. The van der Waals surface area contributed by atoms with Crippen LogP contribution in [-0.2, 0) is 20.7 Å². The lowest BCUT2D eigenvalue weighted by Gasteiger charge is -2.18. The Hall–Kier alpha value is -3.02. The van der Waals surface area contributed by atoms with Crippen LogP contribution < -0.4 is 5.32 Å². The highest BCUT2D eigenvalue weighted by atomic mass is 16.5. The number of rotatable bonds is 9. The summed E-state index contributed by atoms with van der Waals surface area (Å²) in [5.41, 5.74) is 1.60. The van der Waals surface area contributed by atoms with Gasteiger partial charge in [0.05, 0.1) is 6.61 Å². The van der Waals surface area contributed by atoms with Gasteiger partial charge < -0.3 is 20.3 Å². The number of hydrogen-bond acceptors (Lipinski definition) is 5. The van der Waals surface area contributed by atoms with E-state index in [2.05, 4.69) is 5.32 Å². The molecule has 0 saturated carbocycles. The van der Waals surface area contributed by atoms with Crippen LogP contribution in [0.4, 0.5) is 0 Å². The van der Waals surface area contributed by atoms with Gasteiger partial charge in [-0.3, -0.25) is 4.79 Å². The SMILES string of the molecule is CCOC(=O)[C@H](Cc1ccccc1)NC(=O)CCC(C)c1ccc(O)cc1O. The van der Waals surface area contributed by atoms with E-state index in [-0.39, 0.29) is 36.4 Å². The number of phenolic OH excluding ortho intramolecular Hbond substituents is 2. The summed E-state index contributed by atoms with van der Waals surface area (Å²) in [7, 11) is 0. The maximum atomic E-state index is 12.4. The number of aromatic hydroxyl groups is 2. The van der Waals surface area contributed by atoms with E-state index in [4.69, 9.17) is 4.74 Å². The molecule has 0 aliphatic rings. The fraction of sp³-hybridized carbons (Fsp3) is 0.364. The first-order valence-electron chi connectivity index (χ1n) is 9.42. The van der Waals surface area contributed by atoms with E-state index in [1.54, 1.807) is 13.0 Å². The van der Waals surface area contributed by atoms with Crippen molar-refractivity contribution in [2.45, 2.75) is 45.1 Å². The van der Waals surface area contributed by atoms with E-state index in [1.807, 2.05) is 37.3 Å². The minimum Gasteiger partial charge on any atom is -0.508 e. The third-order valence-corrected chi connectivity index (χ3v) is 4.54. The number of amides is 1. The maximum Gasteiger partial charge on any atom is 0.328 e. The lowest BCUT2D eigenvalue weighted by Crippen LogP contribution is -2.43. The number of benzene rings is 2. The van der Waals surface area contributed by atoms with Crippen molar-refractivity contribution < 1.29 is 24.5 Å². The topological polar surface area (TPSA) is 95.9 Å². The molecule has 2 aromatic carbocycles. The standard InChI is InChI=1S/C22H27NO5/c1-3-28-22(27)19(13-16-7-5-4-6-8-16)23-21(26)12-9-15(2)18-11-10-17(24)14-20(18)25/h4-8,10-11,14-15,19,24-25H,3,9,12-13H2,1-2H3,(H,23,26)/t15?,19-/m0/s1. The van der Waals surface area contributed by atoms with Crippen LogP contribution in [0, 0.1) is 0 Å². The van der Waals surface area contributed by atoms with Crippen molar-refractivity contribution in [2.24, 2.45) is 0 Å². The molecule has 0 bridgehead atoms. The molecule has 0 saturated heterocycles. The maximum absolute atomic E-state index is 12.4. The third-order valence-electron chi connectivity index (χ3n) is 4.54. The number of hydrogen-bond donors (Lipinski definition) is 3. The summed E-state index contributed by atoms with van der Waals surface area (Å²) in [6.45, 7) is 3.87. The van der Waals surface area contributed by atoms with Gasteiger partial charge in [-0.1, -0.05) is 43.3 Å². The molecule has 6 heteroatoms.